The van der Waals surface area contributed by atoms with Gasteiger partial charge in [0.2, 0.25) is 5.91 Å². The van der Waals surface area contributed by atoms with Gasteiger partial charge in [-0.15, -0.1) is 0 Å². The number of carboxylic acid groups (broad SMARTS) is 1. The molecule has 0 heterocycles. The Morgan fingerprint density at radius 3 is 2.18 bits per heavy atom. The van der Waals surface area contributed by atoms with Crippen LogP contribution in [0.25, 0.3) is 0 Å². The number of nitrogens with zero attached hydrogens (tertiary/aromatic N) is 1. The Morgan fingerprint density at radius 1 is 1.29 bits per heavy atom. The van der Waals surface area contributed by atoms with Gasteiger partial charge in [0.25, 0.3) is 0 Å². The molecular weight excluding hydrogens is 218 g/mol. The Balaban J connectivity index is 2.83. The molecule has 1 atom stereocenters. The van der Waals surface area contributed by atoms with Crippen LogP contribution in [0.3, 0.4) is 0 Å². The minimum atomic E-state index is -0.910. The molecule has 1 saturated carbocycles. The fourth-order valence-corrected chi connectivity index (χ4v) is 2.90. The van der Waals surface area contributed by atoms with Crippen LogP contribution >= 0.6 is 0 Å². The zero-order chi connectivity index (χ0) is 13.1. The van der Waals surface area contributed by atoms with Crippen molar-refractivity contribution in [3.05, 3.63) is 0 Å². The average molecular weight is 241 g/mol. The lowest BCUT2D eigenvalue weighted by atomic mass is 9.81. The fourth-order valence-electron chi connectivity index (χ4n) is 2.90. The maximum atomic E-state index is 12.5. The van der Waals surface area contributed by atoms with Crippen LogP contribution in [0, 0.1) is 5.41 Å². The standard InChI is InChI=1S/C13H23NO3/c1-4-10(11(15)16)14(3)12(17)13(5-2)8-6-7-9-13/h10H,4-9H2,1-3H3,(H,15,16). The summed E-state index contributed by atoms with van der Waals surface area (Å²) in [5.41, 5.74) is -0.294. The van der Waals surface area contributed by atoms with Gasteiger partial charge in [0.1, 0.15) is 6.04 Å². The molecule has 4 heteroatoms. The number of hydrogen-bond acceptors (Lipinski definition) is 2. The number of likely N-dealkylation sites (N-methyl/N-ethyl adjacent to an activating group) is 1. The van der Waals surface area contributed by atoms with Crippen molar-refractivity contribution in [2.75, 3.05) is 7.05 Å². The van der Waals surface area contributed by atoms with E-state index in [1.54, 1.807) is 14.0 Å². The van der Waals surface area contributed by atoms with Gasteiger partial charge >= 0.3 is 5.97 Å². The molecule has 17 heavy (non-hydrogen) atoms. The zero-order valence-corrected chi connectivity index (χ0v) is 11.0. The van der Waals surface area contributed by atoms with E-state index < -0.39 is 12.0 Å². The molecule has 0 radical (unpaired) electrons. The van der Waals surface area contributed by atoms with Gasteiger partial charge < -0.3 is 10.0 Å². The lowest BCUT2D eigenvalue weighted by molar-refractivity contribution is -0.154. The Labute approximate surface area is 103 Å². The highest BCUT2D eigenvalue weighted by Crippen LogP contribution is 2.42. The lowest BCUT2D eigenvalue weighted by Gasteiger charge is -2.34. The summed E-state index contributed by atoms with van der Waals surface area (Å²) in [4.78, 5) is 25.0. The van der Waals surface area contributed by atoms with Gasteiger partial charge in [0, 0.05) is 12.5 Å². The Hall–Kier alpha value is -1.06. The Kier molecular flexibility index (Phi) is 4.54. The van der Waals surface area contributed by atoms with E-state index in [9.17, 15) is 9.59 Å². The van der Waals surface area contributed by atoms with Gasteiger partial charge in [0.05, 0.1) is 0 Å². The number of carbonyl (C=O) groups excluding carboxylic acids is 1. The van der Waals surface area contributed by atoms with Crippen molar-refractivity contribution in [3.8, 4) is 0 Å². The number of carboxylic acids is 1. The quantitative estimate of drug-likeness (QED) is 0.803. The highest BCUT2D eigenvalue weighted by atomic mass is 16.4. The van der Waals surface area contributed by atoms with Crippen LogP contribution in [0.15, 0.2) is 0 Å². The third-order valence-corrected chi connectivity index (χ3v) is 4.15. The molecule has 1 aliphatic carbocycles. The lowest BCUT2D eigenvalue weighted by Crippen LogP contribution is -2.48. The second-order valence-electron chi connectivity index (χ2n) is 5.02. The Morgan fingerprint density at radius 2 is 1.82 bits per heavy atom. The van der Waals surface area contributed by atoms with Crippen LogP contribution in [0.4, 0.5) is 0 Å². The number of aliphatic carboxylic acids is 1. The van der Waals surface area contributed by atoms with E-state index in [0.717, 1.165) is 32.1 Å². The van der Waals surface area contributed by atoms with Crippen LogP contribution < -0.4 is 0 Å². The Bertz CT molecular complexity index is 295. The predicted molar refractivity (Wildman–Crippen MR) is 65.7 cm³/mol. The van der Waals surface area contributed by atoms with Crippen LogP contribution in [0.1, 0.15) is 52.4 Å². The largest absolute Gasteiger partial charge is 0.480 e. The summed E-state index contributed by atoms with van der Waals surface area (Å²) >= 11 is 0. The van der Waals surface area contributed by atoms with E-state index in [4.69, 9.17) is 5.11 Å². The maximum absolute atomic E-state index is 12.5. The molecule has 0 bridgehead atoms. The third kappa shape index (κ3) is 2.61. The predicted octanol–water partition coefficient (Wildman–Crippen LogP) is 2.28. The van der Waals surface area contributed by atoms with Gasteiger partial charge in [-0.3, -0.25) is 4.79 Å². The second kappa shape index (κ2) is 5.52. The smallest absolute Gasteiger partial charge is 0.326 e. The first kappa shape index (κ1) is 14.0. The number of amides is 1. The van der Waals surface area contributed by atoms with Crippen molar-refractivity contribution in [3.63, 3.8) is 0 Å². The molecule has 1 N–H and O–H groups in total. The summed E-state index contributed by atoms with van der Waals surface area (Å²) in [6, 6.07) is -0.688. The first-order valence-corrected chi connectivity index (χ1v) is 6.48. The second-order valence-corrected chi connectivity index (χ2v) is 5.02. The van der Waals surface area contributed by atoms with Crippen molar-refractivity contribution < 1.29 is 14.7 Å². The van der Waals surface area contributed by atoms with Crippen LogP contribution in [0.5, 0.6) is 0 Å². The minimum Gasteiger partial charge on any atom is -0.480 e. The van der Waals surface area contributed by atoms with Crippen LogP contribution in [0.2, 0.25) is 0 Å². The first-order valence-electron chi connectivity index (χ1n) is 6.48. The summed E-state index contributed by atoms with van der Waals surface area (Å²) < 4.78 is 0. The molecule has 1 unspecified atom stereocenters. The van der Waals surface area contributed by atoms with Crippen molar-refractivity contribution in [1.29, 1.82) is 0 Å². The molecule has 0 saturated heterocycles. The van der Waals surface area contributed by atoms with Gasteiger partial charge in [-0.1, -0.05) is 26.7 Å². The van der Waals surface area contributed by atoms with Gasteiger partial charge in [-0.2, -0.15) is 0 Å². The highest BCUT2D eigenvalue weighted by molar-refractivity contribution is 5.87. The summed E-state index contributed by atoms with van der Waals surface area (Å²) in [5.74, 6) is -0.889. The van der Waals surface area contributed by atoms with Gasteiger partial charge in [-0.05, 0) is 25.7 Å². The van der Waals surface area contributed by atoms with Crippen molar-refractivity contribution in [2.45, 2.75) is 58.4 Å². The van der Waals surface area contributed by atoms with Crippen molar-refractivity contribution in [2.24, 2.45) is 5.41 Å². The monoisotopic (exact) mass is 241 g/mol. The van der Waals surface area contributed by atoms with Gasteiger partial charge in [0.15, 0.2) is 0 Å². The maximum Gasteiger partial charge on any atom is 0.326 e. The van der Waals surface area contributed by atoms with Crippen LogP contribution in [-0.2, 0) is 9.59 Å². The SMILES string of the molecule is CCC(C(=O)O)N(C)C(=O)C1(CC)CCCC1. The zero-order valence-electron chi connectivity index (χ0n) is 11.0. The van der Waals surface area contributed by atoms with Gasteiger partial charge in [-0.25, -0.2) is 4.79 Å². The topological polar surface area (TPSA) is 57.6 Å². The summed E-state index contributed by atoms with van der Waals surface area (Å²) in [6.07, 6.45) is 5.24. The average Bonchev–Trinajstić information content (AvgIpc) is 2.78. The number of carbonyl (C=O) groups is 2. The number of rotatable bonds is 5. The number of hydrogen-bond donors (Lipinski definition) is 1. The molecule has 98 valence electrons. The minimum absolute atomic E-state index is 0.0201. The van der Waals surface area contributed by atoms with E-state index in [1.807, 2.05) is 6.92 Å². The molecule has 0 aromatic carbocycles. The fraction of sp³-hybridized carbons (Fsp3) is 0.846. The molecule has 1 rings (SSSR count). The van der Waals surface area contributed by atoms with E-state index in [-0.39, 0.29) is 11.3 Å². The molecule has 0 spiro atoms. The molecule has 0 aromatic heterocycles. The van der Waals surface area contributed by atoms with E-state index in [1.165, 1.54) is 4.90 Å². The molecule has 0 aliphatic heterocycles. The summed E-state index contributed by atoms with van der Waals surface area (Å²) in [7, 11) is 1.63. The summed E-state index contributed by atoms with van der Waals surface area (Å²) in [6.45, 7) is 3.83. The van der Waals surface area contributed by atoms with E-state index >= 15 is 0 Å². The van der Waals surface area contributed by atoms with Crippen molar-refractivity contribution in [1.82, 2.24) is 4.90 Å². The highest BCUT2D eigenvalue weighted by Gasteiger charge is 2.43. The molecule has 0 aromatic rings. The van der Waals surface area contributed by atoms with E-state index in [0.29, 0.717) is 6.42 Å². The molecule has 4 nitrogen and oxygen atoms in total. The molecular formula is C13H23NO3. The third-order valence-electron chi connectivity index (χ3n) is 4.15. The normalized spacial score (nSPS) is 19.9. The summed E-state index contributed by atoms with van der Waals surface area (Å²) in [5, 5.41) is 9.10. The van der Waals surface area contributed by atoms with E-state index in [2.05, 4.69) is 0 Å². The molecule has 1 aliphatic rings. The molecule has 1 fully saturated rings. The first-order chi connectivity index (χ1) is 7.98. The molecule has 1 amide bonds. The van der Waals surface area contributed by atoms with Crippen LogP contribution in [-0.4, -0.2) is 35.0 Å². The van der Waals surface area contributed by atoms with Crippen molar-refractivity contribution >= 4 is 11.9 Å².